The topological polar surface area (TPSA) is 123 Å². The summed E-state index contributed by atoms with van der Waals surface area (Å²) in [6.07, 6.45) is 0. The number of amides is 3. The standard InChI is InChI=1S/C24H25ClN4O5/c1-13(2)21(23(31)33-4)28-22(30)20-12-18(29-34-20)15-6-8-16(9-7-15)26-24(32)27-19-11-14(3)5-10-17(19)25/h5-13,21H,1-4H3,(H,28,30)(H2,26,27,32)/t21-/m0/s1. The normalized spacial score (nSPS) is 11.6. The molecule has 0 aliphatic heterocycles. The molecule has 10 heteroatoms. The Morgan fingerprint density at radius 1 is 1.03 bits per heavy atom. The molecule has 0 radical (unpaired) electrons. The van der Waals surface area contributed by atoms with E-state index in [1.54, 1.807) is 50.2 Å². The quantitative estimate of drug-likeness (QED) is 0.411. The summed E-state index contributed by atoms with van der Waals surface area (Å²) in [5.41, 5.74) is 3.12. The van der Waals surface area contributed by atoms with E-state index in [0.29, 0.717) is 27.7 Å². The average Bonchev–Trinajstić information content (AvgIpc) is 3.30. The van der Waals surface area contributed by atoms with Crippen molar-refractivity contribution in [2.24, 2.45) is 5.92 Å². The Balaban J connectivity index is 1.64. The molecule has 178 valence electrons. The highest BCUT2D eigenvalue weighted by Gasteiger charge is 2.27. The van der Waals surface area contributed by atoms with Gasteiger partial charge in [0.15, 0.2) is 0 Å². The molecule has 0 bridgehead atoms. The molecule has 3 N–H and O–H groups in total. The molecule has 0 fully saturated rings. The minimum Gasteiger partial charge on any atom is -0.467 e. The number of esters is 1. The number of ether oxygens (including phenoxy) is 1. The molecule has 3 aromatic rings. The number of urea groups is 1. The van der Waals surface area contributed by atoms with E-state index in [1.165, 1.54) is 13.2 Å². The van der Waals surface area contributed by atoms with Crippen LogP contribution < -0.4 is 16.0 Å². The number of hydrogen-bond acceptors (Lipinski definition) is 6. The van der Waals surface area contributed by atoms with Gasteiger partial charge in [-0.3, -0.25) is 4.79 Å². The molecule has 0 aliphatic rings. The van der Waals surface area contributed by atoms with Crippen LogP contribution in [-0.2, 0) is 9.53 Å². The van der Waals surface area contributed by atoms with Crippen LogP contribution in [0.3, 0.4) is 0 Å². The molecule has 1 heterocycles. The average molecular weight is 485 g/mol. The largest absolute Gasteiger partial charge is 0.467 e. The first-order valence-corrected chi connectivity index (χ1v) is 10.9. The zero-order valence-electron chi connectivity index (χ0n) is 19.1. The van der Waals surface area contributed by atoms with Crippen molar-refractivity contribution in [1.29, 1.82) is 0 Å². The fraction of sp³-hybridized carbons (Fsp3) is 0.250. The first-order chi connectivity index (χ1) is 16.2. The zero-order valence-corrected chi connectivity index (χ0v) is 19.9. The second kappa shape index (κ2) is 10.8. The monoisotopic (exact) mass is 484 g/mol. The number of carbonyl (C=O) groups excluding carboxylic acids is 3. The predicted octanol–water partition coefficient (Wildman–Crippen LogP) is 4.87. The highest BCUT2D eigenvalue weighted by atomic mass is 35.5. The van der Waals surface area contributed by atoms with Gasteiger partial charge < -0.3 is 25.2 Å². The van der Waals surface area contributed by atoms with Crippen molar-refractivity contribution < 1.29 is 23.6 Å². The molecule has 1 aromatic heterocycles. The van der Waals surface area contributed by atoms with Gasteiger partial charge in [-0.15, -0.1) is 0 Å². The first kappa shape index (κ1) is 24.8. The van der Waals surface area contributed by atoms with E-state index in [9.17, 15) is 14.4 Å². The van der Waals surface area contributed by atoms with E-state index in [2.05, 4.69) is 21.1 Å². The number of aromatic nitrogens is 1. The zero-order chi connectivity index (χ0) is 24.8. The van der Waals surface area contributed by atoms with Crippen LogP contribution in [0.5, 0.6) is 0 Å². The van der Waals surface area contributed by atoms with Crippen molar-refractivity contribution in [3.8, 4) is 11.3 Å². The lowest BCUT2D eigenvalue weighted by molar-refractivity contribution is -0.144. The molecule has 1 atom stereocenters. The van der Waals surface area contributed by atoms with Gasteiger partial charge in [0.25, 0.3) is 5.91 Å². The predicted molar refractivity (Wildman–Crippen MR) is 129 cm³/mol. The van der Waals surface area contributed by atoms with Gasteiger partial charge in [-0.2, -0.15) is 0 Å². The molecule has 0 unspecified atom stereocenters. The third kappa shape index (κ3) is 6.14. The number of methoxy groups -OCH3 is 1. The van der Waals surface area contributed by atoms with Gasteiger partial charge in [-0.25, -0.2) is 9.59 Å². The first-order valence-electron chi connectivity index (χ1n) is 10.5. The molecular formula is C24H25ClN4O5. The Bertz CT molecular complexity index is 1190. The van der Waals surface area contributed by atoms with Gasteiger partial charge in [0.1, 0.15) is 11.7 Å². The molecule has 0 spiro atoms. The molecule has 3 rings (SSSR count). The lowest BCUT2D eigenvalue weighted by Crippen LogP contribution is -2.44. The highest BCUT2D eigenvalue weighted by Crippen LogP contribution is 2.24. The third-order valence-electron chi connectivity index (χ3n) is 4.95. The van der Waals surface area contributed by atoms with Gasteiger partial charge in [-0.05, 0) is 42.7 Å². The van der Waals surface area contributed by atoms with Crippen LogP contribution in [0.4, 0.5) is 16.2 Å². The van der Waals surface area contributed by atoms with Crippen molar-refractivity contribution in [2.75, 3.05) is 17.7 Å². The van der Waals surface area contributed by atoms with Crippen LogP contribution in [0.15, 0.2) is 53.1 Å². The van der Waals surface area contributed by atoms with Crippen LogP contribution in [0.1, 0.15) is 30.0 Å². The molecule has 34 heavy (non-hydrogen) atoms. The second-order valence-electron chi connectivity index (χ2n) is 7.93. The summed E-state index contributed by atoms with van der Waals surface area (Å²) in [4.78, 5) is 36.6. The summed E-state index contributed by atoms with van der Waals surface area (Å²) in [6.45, 7) is 5.48. The number of aryl methyl sites for hydroxylation is 1. The molecule has 9 nitrogen and oxygen atoms in total. The van der Waals surface area contributed by atoms with Crippen molar-refractivity contribution >= 4 is 40.9 Å². The lowest BCUT2D eigenvalue weighted by Gasteiger charge is -2.18. The smallest absolute Gasteiger partial charge is 0.328 e. The summed E-state index contributed by atoms with van der Waals surface area (Å²) in [7, 11) is 1.26. The number of nitrogens with zero attached hydrogens (tertiary/aromatic N) is 1. The minimum absolute atomic E-state index is 0.0406. The number of hydrogen-bond donors (Lipinski definition) is 3. The third-order valence-corrected chi connectivity index (χ3v) is 5.28. The molecule has 0 saturated heterocycles. The van der Waals surface area contributed by atoms with Gasteiger partial charge in [0.2, 0.25) is 5.76 Å². The summed E-state index contributed by atoms with van der Waals surface area (Å²) in [5, 5.41) is 12.4. The van der Waals surface area contributed by atoms with E-state index < -0.39 is 23.9 Å². The van der Waals surface area contributed by atoms with Crippen molar-refractivity contribution in [2.45, 2.75) is 26.8 Å². The van der Waals surface area contributed by atoms with Crippen LogP contribution in [0.2, 0.25) is 5.02 Å². The SMILES string of the molecule is COC(=O)[C@@H](NC(=O)c1cc(-c2ccc(NC(=O)Nc3cc(C)ccc3Cl)cc2)no1)C(C)C. The van der Waals surface area contributed by atoms with E-state index >= 15 is 0 Å². The number of benzene rings is 2. The van der Waals surface area contributed by atoms with Crippen molar-refractivity contribution in [3.63, 3.8) is 0 Å². The summed E-state index contributed by atoms with van der Waals surface area (Å²) < 4.78 is 9.88. The Kier molecular flexibility index (Phi) is 7.91. The summed E-state index contributed by atoms with van der Waals surface area (Å²) in [6, 6.07) is 12.4. The Morgan fingerprint density at radius 3 is 2.38 bits per heavy atom. The number of carbonyl (C=O) groups is 3. The van der Waals surface area contributed by atoms with Gasteiger partial charge >= 0.3 is 12.0 Å². The second-order valence-corrected chi connectivity index (χ2v) is 8.34. The molecular weight excluding hydrogens is 460 g/mol. The molecule has 2 aromatic carbocycles. The van der Waals surface area contributed by atoms with E-state index in [-0.39, 0.29) is 11.7 Å². The van der Waals surface area contributed by atoms with Crippen molar-refractivity contribution in [3.05, 3.63) is 64.9 Å². The van der Waals surface area contributed by atoms with Gasteiger partial charge in [0.05, 0.1) is 17.8 Å². The number of anilines is 2. The van der Waals surface area contributed by atoms with Gasteiger partial charge in [-0.1, -0.05) is 48.8 Å². The Hall–Kier alpha value is -3.85. The highest BCUT2D eigenvalue weighted by molar-refractivity contribution is 6.33. The van der Waals surface area contributed by atoms with Crippen LogP contribution in [0.25, 0.3) is 11.3 Å². The Morgan fingerprint density at radius 2 is 1.74 bits per heavy atom. The molecule has 3 amide bonds. The summed E-state index contributed by atoms with van der Waals surface area (Å²) in [5.74, 6) is -1.33. The molecule has 0 saturated carbocycles. The minimum atomic E-state index is -0.808. The fourth-order valence-electron chi connectivity index (χ4n) is 3.10. The number of nitrogens with one attached hydrogen (secondary N) is 3. The maximum atomic E-state index is 12.5. The number of rotatable bonds is 7. The van der Waals surface area contributed by atoms with Gasteiger partial charge in [0, 0.05) is 17.3 Å². The van der Waals surface area contributed by atoms with Crippen LogP contribution in [-0.4, -0.2) is 36.2 Å². The maximum Gasteiger partial charge on any atom is 0.328 e. The van der Waals surface area contributed by atoms with E-state index in [1.807, 2.05) is 13.0 Å². The van der Waals surface area contributed by atoms with Crippen LogP contribution in [0, 0.1) is 12.8 Å². The maximum absolute atomic E-state index is 12.5. The van der Waals surface area contributed by atoms with E-state index in [0.717, 1.165) is 5.56 Å². The van der Waals surface area contributed by atoms with E-state index in [4.69, 9.17) is 20.9 Å². The number of halogens is 1. The van der Waals surface area contributed by atoms with Crippen LogP contribution >= 0.6 is 11.6 Å². The van der Waals surface area contributed by atoms with Crippen molar-refractivity contribution in [1.82, 2.24) is 10.5 Å². The lowest BCUT2D eigenvalue weighted by atomic mass is 10.0. The summed E-state index contributed by atoms with van der Waals surface area (Å²) >= 11 is 6.11. The molecule has 0 aliphatic carbocycles. The fourth-order valence-corrected chi connectivity index (χ4v) is 3.26. The Labute approximate surface area is 201 Å².